The summed E-state index contributed by atoms with van der Waals surface area (Å²) >= 11 is 1.47. The molecular weight excluding hydrogens is 402 g/mol. The number of carbonyl (C=O) groups excluding carboxylic acids is 3. The van der Waals surface area contributed by atoms with Crippen LogP contribution in [0.5, 0.6) is 0 Å². The quantitative estimate of drug-likeness (QED) is 0.139. The fraction of sp³-hybridized carbons (Fsp3) is 0.765. The molecule has 12 heteroatoms. The lowest BCUT2D eigenvalue weighted by Crippen LogP contribution is -2.57. The third kappa shape index (κ3) is 11.0. The van der Waals surface area contributed by atoms with Crippen LogP contribution >= 0.6 is 11.8 Å². The highest BCUT2D eigenvalue weighted by Crippen LogP contribution is 2.06. The maximum atomic E-state index is 12.7. The molecule has 3 amide bonds. The van der Waals surface area contributed by atoms with Crippen molar-refractivity contribution in [1.82, 2.24) is 16.0 Å². The minimum absolute atomic E-state index is 0.273. The molecule has 4 unspecified atom stereocenters. The van der Waals surface area contributed by atoms with E-state index >= 15 is 0 Å². The number of aliphatic hydroxyl groups is 1. The summed E-state index contributed by atoms with van der Waals surface area (Å²) in [6.45, 7) is 1.17. The minimum atomic E-state index is -1.20. The second kappa shape index (κ2) is 15.0. The summed E-state index contributed by atoms with van der Waals surface area (Å²) < 4.78 is 0. The van der Waals surface area contributed by atoms with Crippen molar-refractivity contribution in [2.75, 3.05) is 25.2 Å². The van der Waals surface area contributed by atoms with Crippen LogP contribution in [0.1, 0.15) is 32.6 Å². The van der Waals surface area contributed by atoms with E-state index in [1.807, 2.05) is 6.26 Å². The van der Waals surface area contributed by atoms with Gasteiger partial charge in [0.25, 0.3) is 0 Å². The van der Waals surface area contributed by atoms with E-state index in [1.165, 1.54) is 18.7 Å². The summed E-state index contributed by atoms with van der Waals surface area (Å²) in [5.74, 6) is -2.55. The Bertz CT molecular complexity index is 550. The van der Waals surface area contributed by atoms with E-state index in [9.17, 15) is 19.2 Å². The van der Waals surface area contributed by atoms with Crippen LogP contribution in [-0.4, -0.2) is 83.2 Å². The van der Waals surface area contributed by atoms with Crippen molar-refractivity contribution in [3.63, 3.8) is 0 Å². The molecule has 0 bridgehead atoms. The first kappa shape index (κ1) is 27.1. The van der Waals surface area contributed by atoms with E-state index in [4.69, 9.17) is 21.7 Å². The van der Waals surface area contributed by atoms with Gasteiger partial charge in [0, 0.05) is 0 Å². The second-order valence-corrected chi connectivity index (χ2v) is 7.53. The van der Waals surface area contributed by atoms with Gasteiger partial charge in [-0.15, -0.1) is 0 Å². The Labute approximate surface area is 174 Å². The van der Waals surface area contributed by atoms with Crippen molar-refractivity contribution >= 4 is 35.5 Å². The molecule has 9 N–H and O–H groups in total. The van der Waals surface area contributed by atoms with E-state index in [-0.39, 0.29) is 12.8 Å². The lowest BCUT2D eigenvalue weighted by Gasteiger charge is -2.24. The molecule has 0 spiro atoms. The van der Waals surface area contributed by atoms with Crippen molar-refractivity contribution in [3.05, 3.63) is 0 Å². The molecule has 0 saturated carbocycles. The van der Waals surface area contributed by atoms with Gasteiger partial charge in [0.1, 0.15) is 24.2 Å². The van der Waals surface area contributed by atoms with Gasteiger partial charge in [0.05, 0.1) is 6.61 Å². The van der Waals surface area contributed by atoms with E-state index in [1.54, 1.807) is 0 Å². The van der Waals surface area contributed by atoms with Gasteiger partial charge < -0.3 is 37.6 Å². The molecule has 0 aromatic carbocycles. The molecule has 0 heterocycles. The van der Waals surface area contributed by atoms with E-state index < -0.39 is 54.5 Å². The SMILES string of the molecule is CSCCC(NC(=O)C(CCCCN)NC(=O)C(N)CO)C(=O)NC(C)C(=O)O. The first-order chi connectivity index (χ1) is 13.7. The number of aliphatic carboxylic acids is 1. The van der Waals surface area contributed by atoms with Gasteiger partial charge in [-0.25, -0.2) is 0 Å². The maximum Gasteiger partial charge on any atom is 0.325 e. The predicted molar refractivity (Wildman–Crippen MR) is 110 cm³/mol. The Kier molecular flexibility index (Phi) is 14.0. The van der Waals surface area contributed by atoms with Crippen molar-refractivity contribution in [3.8, 4) is 0 Å². The Hall–Kier alpha value is -1.89. The lowest BCUT2D eigenvalue weighted by molar-refractivity contribution is -0.141. The van der Waals surface area contributed by atoms with Gasteiger partial charge in [-0.2, -0.15) is 11.8 Å². The summed E-state index contributed by atoms with van der Waals surface area (Å²) in [6, 6.07) is -4.21. The molecule has 168 valence electrons. The van der Waals surface area contributed by atoms with E-state index in [2.05, 4.69) is 16.0 Å². The first-order valence-corrected chi connectivity index (χ1v) is 10.8. The Balaban J connectivity index is 5.21. The van der Waals surface area contributed by atoms with Gasteiger partial charge in [0.2, 0.25) is 17.7 Å². The number of rotatable bonds is 15. The number of carboxylic acid groups (broad SMARTS) is 1. The molecule has 11 nitrogen and oxygen atoms in total. The number of hydrogen-bond acceptors (Lipinski definition) is 8. The molecular formula is C17H33N5O6S. The highest BCUT2D eigenvalue weighted by Gasteiger charge is 2.28. The first-order valence-electron chi connectivity index (χ1n) is 9.37. The smallest absolute Gasteiger partial charge is 0.325 e. The van der Waals surface area contributed by atoms with Crippen molar-refractivity contribution in [2.24, 2.45) is 11.5 Å². The molecule has 0 aliphatic heterocycles. The van der Waals surface area contributed by atoms with Gasteiger partial charge in [-0.1, -0.05) is 0 Å². The summed E-state index contributed by atoms with van der Waals surface area (Å²) in [7, 11) is 0. The van der Waals surface area contributed by atoms with Gasteiger partial charge >= 0.3 is 5.97 Å². The van der Waals surface area contributed by atoms with Crippen LogP contribution in [0, 0.1) is 0 Å². The van der Waals surface area contributed by atoms with Gasteiger partial charge in [-0.3, -0.25) is 19.2 Å². The average molecular weight is 436 g/mol. The molecule has 0 rings (SSSR count). The number of carboxylic acids is 1. The van der Waals surface area contributed by atoms with Crippen molar-refractivity contribution in [1.29, 1.82) is 0 Å². The van der Waals surface area contributed by atoms with Gasteiger partial charge in [0.15, 0.2) is 0 Å². The molecule has 29 heavy (non-hydrogen) atoms. The van der Waals surface area contributed by atoms with Crippen LogP contribution in [0.3, 0.4) is 0 Å². The highest BCUT2D eigenvalue weighted by molar-refractivity contribution is 7.98. The Morgan fingerprint density at radius 2 is 1.52 bits per heavy atom. The fourth-order valence-corrected chi connectivity index (χ4v) is 2.75. The Morgan fingerprint density at radius 3 is 2.03 bits per heavy atom. The third-order valence-corrected chi connectivity index (χ3v) is 4.73. The molecule has 0 aromatic heterocycles. The summed E-state index contributed by atoms with van der Waals surface area (Å²) in [5.41, 5.74) is 10.9. The number of carbonyl (C=O) groups is 4. The summed E-state index contributed by atoms with van der Waals surface area (Å²) in [6.07, 6.45) is 3.59. The number of hydrogen-bond donors (Lipinski definition) is 7. The zero-order chi connectivity index (χ0) is 22.4. The number of amides is 3. The molecule has 0 fully saturated rings. The highest BCUT2D eigenvalue weighted by atomic mass is 32.2. The third-order valence-electron chi connectivity index (χ3n) is 4.09. The van der Waals surface area contributed by atoms with E-state index in [0.29, 0.717) is 25.1 Å². The largest absolute Gasteiger partial charge is 0.480 e. The van der Waals surface area contributed by atoms with Gasteiger partial charge in [-0.05, 0) is 51.2 Å². The maximum absolute atomic E-state index is 12.7. The number of aliphatic hydroxyl groups excluding tert-OH is 1. The normalized spacial score (nSPS) is 14.9. The molecule has 4 atom stereocenters. The zero-order valence-electron chi connectivity index (χ0n) is 16.8. The minimum Gasteiger partial charge on any atom is -0.480 e. The fourth-order valence-electron chi connectivity index (χ4n) is 2.28. The predicted octanol–water partition coefficient (Wildman–Crippen LogP) is -2.25. The van der Waals surface area contributed by atoms with Crippen LogP contribution < -0.4 is 27.4 Å². The van der Waals surface area contributed by atoms with Crippen LogP contribution in [0.2, 0.25) is 0 Å². The monoisotopic (exact) mass is 435 g/mol. The number of nitrogens with two attached hydrogens (primary N) is 2. The number of unbranched alkanes of at least 4 members (excludes halogenated alkanes) is 1. The van der Waals surface area contributed by atoms with E-state index in [0.717, 1.165) is 0 Å². The standard InChI is InChI=1S/C17H33N5O6S/c1-10(17(27)28)20-15(25)13(6-8-29-2)22-16(26)12(5-3-4-7-18)21-14(24)11(19)9-23/h10-13,23H,3-9,18-19H2,1-2H3,(H,20,25)(H,21,24)(H,22,26)(H,27,28). The summed E-state index contributed by atoms with van der Waals surface area (Å²) in [4.78, 5) is 48.1. The van der Waals surface area contributed by atoms with Crippen LogP contribution in [-0.2, 0) is 19.2 Å². The second-order valence-electron chi connectivity index (χ2n) is 6.55. The number of nitrogens with one attached hydrogen (secondary N) is 3. The molecule has 0 aliphatic rings. The average Bonchev–Trinajstić information content (AvgIpc) is 2.69. The molecule has 0 radical (unpaired) electrons. The molecule has 0 saturated heterocycles. The van der Waals surface area contributed by atoms with Crippen molar-refractivity contribution in [2.45, 2.75) is 56.8 Å². The zero-order valence-corrected chi connectivity index (χ0v) is 17.7. The number of thioether (sulfide) groups is 1. The van der Waals surface area contributed by atoms with Crippen LogP contribution in [0.15, 0.2) is 0 Å². The van der Waals surface area contributed by atoms with Crippen LogP contribution in [0.25, 0.3) is 0 Å². The topological polar surface area (TPSA) is 197 Å². The Morgan fingerprint density at radius 1 is 0.966 bits per heavy atom. The van der Waals surface area contributed by atoms with Crippen molar-refractivity contribution < 1.29 is 29.4 Å². The van der Waals surface area contributed by atoms with Crippen LogP contribution in [0.4, 0.5) is 0 Å². The summed E-state index contributed by atoms with van der Waals surface area (Å²) in [5, 5.41) is 25.4. The molecule has 0 aromatic rings. The molecule has 0 aliphatic carbocycles. The lowest BCUT2D eigenvalue weighted by atomic mass is 10.1.